The van der Waals surface area contributed by atoms with Crippen LogP contribution >= 0.6 is 0 Å². The molecule has 0 aliphatic carbocycles. The van der Waals surface area contributed by atoms with Crippen LogP contribution in [0.15, 0.2) is 72.8 Å². The predicted molar refractivity (Wildman–Crippen MR) is 96.6 cm³/mol. The molecule has 4 rings (SSSR count). The second-order valence-electron chi connectivity index (χ2n) is 6.03. The Labute approximate surface area is 147 Å². The molecule has 0 aromatic heterocycles. The van der Waals surface area contributed by atoms with Gasteiger partial charge in [-0.05, 0) is 34.0 Å². The van der Waals surface area contributed by atoms with E-state index >= 15 is 0 Å². The van der Waals surface area contributed by atoms with Gasteiger partial charge in [0.15, 0.2) is 0 Å². The molecular formula is C22H12F3N. The molecule has 0 bridgehead atoms. The standard InChI is InChI=1S/C22H12F3N/c23-22(24,25)15-7-5-6-14(12-15)21-18-10-3-1-8-16(18)20(13-26)17-9-2-4-11-19(17)21/h1-12H. The van der Waals surface area contributed by atoms with Gasteiger partial charge < -0.3 is 0 Å². The number of alkyl halides is 3. The van der Waals surface area contributed by atoms with Crippen molar-refractivity contribution in [1.29, 1.82) is 5.26 Å². The Morgan fingerprint density at radius 3 is 1.73 bits per heavy atom. The zero-order chi connectivity index (χ0) is 18.3. The molecular weight excluding hydrogens is 335 g/mol. The Kier molecular flexibility index (Phi) is 3.66. The van der Waals surface area contributed by atoms with Gasteiger partial charge in [-0.1, -0.05) is 60.7 Å². The Hall–Kier alpha value is -3.32. The highest BCUT2D eigenvalue weighted by Gasteiger charge is 2.30. The van der Waals surface area contributed by atoms with Gasteiger partial charge in [-0.15, -0.1) is 0 Å². The number of hydrogen-bond donors (Lipinski definition) is 0. The maximum atomic E-state index is 13.2. The first-order chi connectivity index (χ1) is 12.5. The maximum absolute atomic E-state index is 13.2. The van der Waals surface area contributed by atoms with Gasteiger partial charge in [0, 0.05) is 10.8 Å². The Morgan fingerprint density at radius 1 is 0.692 bits per heavy atom. The van der Waals surface area contributed by atoms with E-state index in [9.17, 15) is 18.4 Å². The zero-order valence-corrected chi connectivity index (χ0v) is 13.5. The molecule has 1 nitrogen and oxygen atoms in total. The van der Waals surface area contributed by atoms with Crippen LogP contribution in [-0.2, 0) is 6.18 Å². The summed E-state index contributed by atoms with van der Waals surface area (Å²) in [7, 11) is 0. The van der Waals surface area contributed by atoms with Crippen LogP contribution in [0.2, 0.25) is 0 Å². The summed E-state index contributed by atoms with van der Waals surface area (Å²) in [5.41, 5.74) is 1.04. The highest BCUT2D eigenvalue weighted by molar-refractivity contribution is 6.16. The molecule has 0 N–H and O–H groups in total. The molecule has 126 valence electrons. The summed E-state index contributed by atoms with van der Waals surface area (Å²) in [4.78, 5) is 0. The fourth-order valence-corrected chi connectivity index (χ4v) is 3.41. The fourth-order valence-electron chi connectivity index (χ4n) is 3.41. The molecule has 0 saturated heterocycles. The van der Waals surface area contributed by atoms with Crippen molar-refractivity contribution in [3.05, 3.63) is 83.9 Å². The van der Waals surface area contributed by atoms with Gasteiger partial charge in [0.1, 0.15) is 6.07 Å². The molecule has 0 unspecified atom stereocenters. The monoisotopic (exact) mass is 347 g/mol. The lowest BCUT2D eigenvalue weighted by atomic mass is 9.88. The van der Waals surface area contributed by atoms with Gasteiger partial charge in [0.05, 0.1) is 11.1 Å². The third-order valence-corrected chi connectivity index (χ3v) is 4.52. The highest BCUT2D eigenvalue weighted by atomic mass is 19.4. The minimum Gasteiger partial charge on any atom is -0.192 e. The number of nitrogens with zero attached hydrogens (tertiary/aromatic N) is 1. The van der Waals surface area contributed by atoms with Crippen molar-refractivity contribution >= 4 is 21.5 Å². The number of rotatable bonds is 1. The molecule has 26 heavy (non-hydrogen) atoms. The van der Waals surface area contributed by atoms with E-state index in [2.05, 4.69) is 6.07 Å². The molecule has 0 aliphatic heterocycles. The highest BCUT2D eigenvalue weighted by Crippen LogP contribution is 2.40. The van der Waals surface area contributed by atoms with Crippen molar-refractivity contribution in [3.8, 4) is 17.2 Å². The van der Waals surface area contributed by atoms with Crippen molar-refractivity contribution in [2.75, 3.05) is 0 Å². The third-order valence-electron chi connectivity index (χ3n) is 4.52. The molecule has 0 fully saturated rings. The molecule has 0 saturated carbocycles. The number of nitriles is 1. The predicted octanol–water partition coefficient (Wildman–Crippen LogP) is 6.55. The molecule has 4 heteroatoms. The first-order valence-electron chi connectivity index (χ1n) is 8.02. The summed E-state index contributed by atoms with van der Waals surface area (Å²) in [6.45, 7) is 0. The van der Waals surface area contributed by atoms with Crippen LogP contribution in [0.5, 0.6) is 0 Å². The van der Waals surface area contributed by atoms with E-state index in [4.69, 9.17) is 0 Å². The topological polar surface area (TPSA) is 23.8 Å². The molecule has 0 spiro atoms. The van der Waals surface area contributed by atoms with Crippen molar-refractivity contribution < 1.29 is 13.2 Å². The SMILES string of the molecule is N#Cc1c2ccccc2c(-c2cccc(C(F)(F)F)c2)c2ccccc12. The zero-order valence-electron chi connectivity index (χ0n) is 13.5. The molecule has 0 aliphatic rings. The van der Waals surface area contributed by atoms with Crippen LogP contribution in [-0.4, -0.2) is 0 Å². The van der Waals surface area contributed by atoms with E-state index in [1.807, 2.05) is 48.5 Å². The van der Waals surface area contributed by atoms with Gasteiger partial charge in [-0.2, -0.15) is 18.4 Å². The van der Waals surface area contributed by atoms with Crippen molar-refractivity contribution in [3.63, 3.8) is 0 Å². The average molecular weight is 347 g/mol. The molecule has 0 amide bonds. The first kappa shape index (κ1) is 16.2. The molecule has 0 radical (unpaired) electrons. The summed E-state index contributed by atoms with van der Waals surface area (Å²) in [6, 6.07) is 22.2. The van der Waals surface area contributed by atoms with E-state index in [-0.39, 0.29) is 0 Å². The van der Waals surface area contributed by atoms with Crippen LogP contribution in [0, 0.1) is 11.3 Å². The van der Waals surface area contributed by atoms with Gasteiger partial charge in [-0.3, -0.25) is 0 Å². The Balaban J connectivity index is 2.18. The average Bonchev–Trinajstić information content (AvgIpc) is 2.65. The van der Waals surface area contributed by atoms with Gasteiger partial charge in [0.2, 0.25) is 0 Å². The Morgan fingerprint density at radius 2 is 1.23 bits per heavy atom. The normalized spacial score (nSPS) is 11.6. The van der Waals surface area contributed by atoms with Crippen LogP contribution in [0.3, 0.4) is 0 Å². The second-order valence-corrected chi connectivity index (χ2v) is 6.03. The molecule has 4 aromatic carbocycles. The lowest BCUT2D eigenvalue weighted by Crippen LogP contribution is -2.04. The first-order valence-corrected chi connectivity index (χ1v) is 8.02. The number of fused-ring (bicyclic) bond motifs is 2. The van der Waals surface area contributed by atoms with Crippen molar-refractivity contribution in [1.82, 2.24) is 0 Å². The van der Waals surface area contributed by atoms with Gasteiger partial charge in [0.25, 0.3) is 0 Å². The number of hydrogen-bond acceptors (Lipinski definition) is 1. The van der Waals surface area contributed by atoms with E-state index in [1.165, 1.54) is 12.1 Å². The minimum atomic E-state index is -4.41. The quantitative estimate of drug-likeness (QED) is 0.358. The van der Waals surface area contributed by atoms with Crippen molar-refractivity contribution in [2.24, 2.45) is 0 Å². The van der Waals surface area contributed by atoms with Crippen LogP contribution < -0.4 is 0 Å². The summed E-state index contributed by atoms with van der Waals surface area (Å²) >= 11 is 0. The lowest BCUT2D eigenvalue weighted by Gasteiger charge is -2.15. The summed E-state index contributed by atoms with van der Waals surface area (Å²) in [5.74, 6) is 0. The fraction of sp³-hybridized carbons (Fsp3) is 0.0455. The van der Waals surface area contributed by atoms with E-state index in [1.54, 1.807) is 6.07 Å². The summed E-state index contributed by atoms with van der Waals surface area (Å²) < 4.78 is 39.6. The second kappa shape index (κ2) is 5.89. The van der Waals surface area contributed by atoms with E-state index < -0.39 is 11.7 Å². The van der Waals surface area contributed by atoms with Crippen molar-refractivity contribution in [2.45, 2.75) is 6.18 Å². The van der Waals surface area contributed by atoms with Crippen LogP contribution in [0.4, 0.5) is 13.2 Å². The smallest absolute Gasteiger partial charge is 0.192 e. The van der Waals surface area contributed by atoms with Gasteiger partial charge >= 0.3 is 6.18 Å². The number of halogens is 3. The van der Waals surface area contributed by atoms with Gasteiger partial charge in [-0.25, -0.2) is 0 Å². The molecule has 0 atom stereocenters. The number of benzene rings is 4. The van der Waals surface area contributed by atoms with E-state index in [0.717, 1.165) is 27.6 Å². The minimum absolute atomic E-state index is 0.483. The van der Waals surface area contributed by atoms with Crippen LogP contribution in [0.1, 0.15) is 11.1 Å². The van der Waals surface area contributed by atoms with E-state index in [0.29, 0.717) is 16.7 Å². The molecule has 0 heterocycles. The Bertz CT molecular complexity index is 1130. The third kappa shape index (κ3) is 2.49. The lowest BCUT2D eigenvalue weighted by molar-refractivity contribution is -0.137. The summed E-state index contributed by atoms with van der Waals surface area (Å²) in [5, 5.41) is 12.7. The largest absolute Gasteiger partial charge is 0.416 e. The maximum Gasteiger partial charge on any atom is 0.416 e. The summed E-state index contributed by atoms with van der Waals surface area (Å²) in [6.07, 6.45) is -4.41. The van der Waals surface area contributed by atoms with Crippen LogP contribution in [0.25, 0.3) is 32.7 Å². The molecule has 4 aromatic rings.